The Bertz CT molecular complexity index is 744. The summed E-state index contributed by atoms with van der Waals surface area (Å²) in [5.74, 6) is 0. The van der Waals surface area contributed by atoms with Gasteiger partial charge in [0, 0.05) is 17.8 Å². The highest BCUT2D eigenvalue weighted by Crippen LogP contribution is 2.27. The Morgan fingerprint density at radius 2 is 1.94 bits per heavy atom. The third-order valence-electron chi connectivity index (χ3n) is 2.87. The maximum absolute atomic E-state index is 5.27. The molecule has 0 saturated heterocycles. The fourth-order valence-corrected chi connectivity index (χ4v) is 2.17. The van der Waals surface area contributed by atoms with Crippen LogP contribution in [0.4, 0.5) is 0 Å². The first kappa shape index (κ1) is 7.87. The minimum atomic E-state index is 0.742. The molecule has 76 valence electrons. The Morgan fingerprint density at radius 1 is 1.06 bits per heavy atom. The molecule has 4 aromatic rings. The molecule has 0 atom stereocenters. The average Bonchev–Trinajstić information content (AvgIpc) is 2.98. The molecule has 4 rings (SSSR count). The van der Waals surface area contributed by atoms with Crippen LogP contribution in [-0.4, -0.2) is 14.5 Å². The Balaban J connectivity index is 2.51. The molecular formula is C12H7N3O. The molecule has 0 amide bonds. The van der Waals surface area contributed by atoms with Crippen LogP contribution in [0, 0.1) is 0 Å². The lowest BCUT2D eigenvalue weighted by Crippen LogP contribution is -1.86. The van der Waals surface area contributed by atoms with Gasteiger partial charge >= 0.3 is 0 Å². The second kappa shape index (κ2) is 2.61. The zero-order valence-electron chi connectivity index (χ0n) is 8.29. The zero-order chi connectivity index (χ0) is 10.5. The van der Waals surface area contributed by atoms with Crippen molar-refractivity contribution in [2.75, 3.05) is 0 Å². The number of rotatable bonds is 0. The van der Waals surface area contributed by atoms with Crippen LogP contribution < -0.4 is 0 Å². The third kappa shape index (κ3) is 0.798. The van der Waals surface area contributed by atoms with Gasteiger partial charge in [-0.2, -0.15) is 0 Å². The molecule has 4 nitrogen and oxygen atoms in total. The molecule has 0 fully saturated rings. The van der Waals surface area contributed by atoms with E-state index in [9.17, 15) is 0 Å². The lowest BCUT2D eigenvalue weighted by molar-refractivity contribution is 0.446. The summed E-state index contributed by atoms with van der Waals surface area (Å²) in [6.07, 6.45) is 5.40. The summed E-state index contributed by atoms with van der Waals surface area (Å²) in [4.78, 5) is 4.35. The highest BCUT2D eigenvalue weighted by atomic mass is 16.5. The Hall–Kier alpha value is -2.36. The van der Waals surface area contributed by atoms with Gasteiger partial charge in [-0.1, -0.05) is 29.4 Å². The maximum atomic E-state index is 5.27. The van der Waals surface area contributed by atoms with E-state index in [2.05, 4.69) is 22.3 Å². The summed E-state index contributed by atoms with van der Waals surface area (Å²) in [5, 5.41) is 7.11. The smallest absolute Gasteiger partial charge is 0.244 e. The summed E-state index contributed by atoms with van der Waals surface area (Å²) in [7, 11) is 0. The predicted octanol–water partition coefficient (Wildman–Crippen LogP) is 2.63. The van der Waals surface area contributed by atoms with Crippen molar-refractivity contribution < 1.29 is 4.52 Å². The van der Waals surface area contributed by atoms with Crippen molar-refractivity contribution >= 4 is 27.5 Å². The monoisotopic (exact) mass is 209 g/mol. The molecule has 0 unspecified atom stereocenters. The zero-order valence-corrected chi connectivity index (χ0v) is 8.29. The molecule has 0 aliphatic rings. The van der Waals surface area contributed by atoms with Gasteiger partial charge in [-0.25, -0.2) is 4.98 Å². The molecule has 4 heteroatoms. The van der Waals surface area contributed by atoms with E-state index in [1.165, 1.54) is 0 Å². The molecule has 0 N–H and O–H groups in total. The van der Waals surface area contributed by atoms with Crippen LogP contribution in [0.5, 0.6) is 0 Å². The minimum absolute atomic E-state index is 0.742. The van der Waals surface area contributed by atoms with Gasteiger partial charge in [0.1, 0.15) is 5.65 Å². The Morgan fingerprint density at radius 3 is 2.88 bits per heavy atom. The predicted molar refractivity (Wildman–Crippen MR) is 60.3 cm³/mol. The summed E-state index contributed by atoms with van der Waals surface area (Å²) in [5.41, 5.74) is 1.64. The Labute approximate surface area is 90.1 Å². The van der Waals surface area contributed by atoms with Crippen LogP contribution in [-0.2, 0) is 0 Å². The van der Waals surface area contributed by atoms with Crippen LogP contribution in [0.1, 0.15) is 0 Å². The Kier molecular flexibility index (Phi) is 1.28. The van der Waals surface area contributed by atoms with E-state index in [4.69, 9.17) is 4.52 Å². The van der Waals surface area contributed by atoms with Crippen molar-refractivity contribution in [1.82, 2.24) is 14.5 Å². The van der Waals surface area contributed by atoms with E-state index in [-0.39, 0.29) is 0 Å². The molecule has 1 aromatic carbocycles. The van der Waals surface area contributed by atoms with Crippen molar-refractivity contribution in [3.8, 4) is 0 Å². The summed E-state index contributed by atoms with van der Waals surface area (Å²) >= 11 is 0. The van der Waals surface area contributed by atoms with E-state index in [0.29, 0.717) is 0 Å². The first-order chi connectivity index (χ1) is 7.95. The third-order valence-corrected chi connectivity index (χ3v) is 2.87. The van der Waals surface area contributed by atoms with Gasteiger partial charge in [0.15, 0.2) is 0 Å². The number of fused-ring (bicyclic) bond motifs is 6. The highest BCUT2D eigenvalue weighted by molar-refractivity contribution is 6.09. The van der Waals surface area contributed by atoms with Crippen LogP contribution in [0.2, 0.25) is 0 Å². The van der Waals surface area contributed by atoms with Gasteiger partial charge in [-0.15, -0.1) is 0 Å². The molecular weight excluding hydrogens is 202 g/mol. The summed E-state index contributed by atoms with van der Waals surface area (Å²) in [6.45, 7) is 0. The van der Waals surface area contributed by atoms with Crippen LogP contribution >= 0.6 is 0 Å². The largest absolute Gasteiger partial charge is 0.337 e. The molecule has 0 aliphatic heterocycles. The molecule has 3 heterocycles. The fraction of sp³-hybridized carbons (Fsp3) is 0. The standard InChI is InChI=1S/C12H7N3O/c1-2-4-9-8(3-1)10-7-14-16-12(10)15-6-5-13-11(9)15/h1-7H. The van der Waals surface area contributed by atoms with Crippen molar-refractivity contribution in [3.63, 3.8) is 0 Å². The van der Waals surface area contributed by atoms with Gasteiger partial charge in [-0.05, 0) is 5.39 Å². The van der Waals surface area contributed by atoms with Gasteiger partial charge in [-0.3, -0.25) is 4.40 Å². The summed E-state index contributed by atoms with van der Waals surface area (Å²) < 4.78 is 7.19. The second-order valence-corrected chi connectivity index (χ2v) is 3.71. The molecule has 0 saturated carbocycles. The molecule has 0 aliphatic carbocycles. The molecule has 0 bridgehead atoms. The van der Waals surface area contributed by atoms with E-state index in [1.54, 1.807) is 12.4 Å². The molecule has 3 aromatic heterocycles. The molecule has 16 heavy (non-hydrogen) atoms. The number of imidazole rings is 1. The van der Waals surface area contributed by atoms with Gasteiger partial charge < -0.3 is 4.52 Å². The van der Waals surface area contributed by atoms with Crippen LogP contribution in [0.3, 0.4) is 0 Å². The normalized spacial score (nSPS) is 11.8. The maximum Gasteiger partial charge on any atom is 0.244 e. The lowest BCUT2D eigenvalue weighted by atomic mass is 10.1. The number of hydrogen-bond donors (Lipinski definition) is 0. The van der Waals surface area contributed by atoms with E-state index in [1.807, 2.05) is 22.7 Å². The second-order valence-electron chi connectivity index (χ2n) is 3.71. The first-order valence-corrected chi connectivity index (χ1v) is 5.03. The SMILES string of the molecule is c1ccc2c(c1)c1cnoc1n1ccnc21. The van der Waals surface area contributed by atoms with Crippen molar-refractivity contribution in [2.24, 2.45) is 0 Å². The number of hydrogen-bond acceptors (Lipinski definition) is 3. The van der Waals surface area contributed by atoms with E-state index >= 15 is 0 Å². The first-order valence-electron chi connectivity index (χ1n) is 5.03. The minimum Gasteiger partial charge on any atom is -0.337 e. The fourth-order valence-electron chi connectivity index (χ4n) is 2.17. The summed E-state index contributed by atoms with van der Waals surface area (Å²) in [6, 6.07) is 8.14. The number of benzene rings is 1. The average molecular weight is 209 g/mol. The van der Waals surface area contributed by atoms with Crippen LogP contribution in [0.15, 0.2) is 47.4 Å². The van der Waals surface area contributed by atoms with Gasteiger partial charge in [0.05, 0.1) is 11.6 Å². The lowest BCUT2D eigenvalue weighted by Gasteiger charge is -2.01. The van der Waals surface area contributed by atoms with E-state index in [0.717, 1.165) is 27.5 Å². The molecule has 0 spiro atoms. The van der Waals surface area contributed by atoms with Crippen molar-refractivity contribution in [3.05, 3.63) is 42.9 Å². The van der Waals surface area contributed by atoms with Gasteiger partial charge in [0.25, 0.3) is 0 Å². The quantitative estimate of drug-likeness (QED) is 0.447. The van der Waals surface area contributed by atoms with Crippen molar-refractivity contribution in [1.29, 1.82) is 0 Å². The highest BCUT2D eigenvalue weighted by Gasteiger charge is 2.11. The van der Waals surface area contributed by atoms with E-state index < -0.39 is 0 Å². The molecule has 0 radical (unpaired) electrons. The number of pyridine rings is 1. The van der Waals surface area contributed by atoms with Gasteiger partial charge in [0.2, 0.25) is 5.71 Å². The topological polar surface area (TPSA) is 43.3 Å². The van der Waals surface area contributed by atoms with Crippen molar-refractivity contribution in [2.45, 2.75) is 0 Å². The van der Waals surface area contributed by atoms with Crippen LogP contribution in [0.25, 0.3) is 27.5 Å². The number of nitrogens with zero attached hydrogens (tertiary/aromatic N) is 3. The number of aromatic nitrogens is 3.